The summed E-state index contributed by atoms with van der Waals surface area (Å²) in [5.74, 6) is 0.644. The molecule has 1 aromatic carbocycles. The normalized spacial score (nSPS) is 16.3. The molecule has 1 atom stereocenters. The molecule has 2 N–H and O–H groups in total. The van der Waals surface area contributed by atoms with Crippen molar-refractivity contribution in [3.05, 3.63) is 41.7 Å². The topological polar surface area (TPSA) is 60.0 Å². The molecule has 0 bridgehead atoms. The van der Waals surface area contributed by atoms with Crippen molar-refractivity contribution in [3.8, 4) is 0 Å². The molecule has 5 nitrogen and oxygen atoms in total. The number of fused-ring (bicyclic) bond motifs is 1. The molecule has 1 aliphatic heterocycles. The third-order valence-corrected chi connectivity index (χ3v) is 3.46. The van der Waals surface area contributed by atoms with Crippen LogP contribution in [0.3, 0.4) is 0 Å². The van der Waals surface area contributed by atoms with Crippen molar-refractivity contribution in [3.63, 3.8) is 0 Å². The molecule has 0 radical (unpaired) electrons. The molecule has 1 unspecified atom stereocenters. The second-order valence-corrected chi connectivity index (χ2v) is 4.82. The van der Waals surface area contributed by atoms with Crippen LogP contribution in [0.1, 0.15) is 24.4 Å². The van der Waals surface area contributed by atoms with Crippen LogP contribution in [0, 0.1) is 5.82 Å². The number of nitrogens with zero attached hydrogens (tertiary/aromatic N) is 4. The van der Waals surface area contributed by atoms with Crippen molar-refractivity contribution in [1.29, 1.82) is 0 Å². The second-order valence-electron chi connectivity index (χ2n) is 4.82. The van der Waals surface area contributed by atoms with E-state index in [0.29, 0.717) is 12.1 Å². The van der Waals surface area contributed by atoms with E-state index in [1.54, 1.807) is 19.3 Å². The van der Waals surface area contributed by atoms with Gasteiger partial charge in [-0.1, -0.05) is 6.07 Å². The van der Waals surface area contributed by atoms with Crippen LogP contribution < -0.4 is 10.6 Å². The van der Waals surface area contributed by atoms with E-state index in [9.17, 15) is 4.39 Å². The minimum atomic E-state index is -0.337. The first-order chi connectivity index (χ1) is 9.16. The smallest absolute Gasteiger partial charge is 0.152 e. The van der Waals surface area contributed by atoms with Gasteiger partial charge in [-0.25, -0.2) is 4.39 Å². The van der Waals surface area contributed by atoms with E-state index in [0.717, 1.165) is 24.6 Å². The maximum atomic E-state index is 14.0. The van der Waals surface area contributed by atoms with E-state index in [1.807, 2.05) is 10.6 Å². The number of anilines is 1. The summed E-state index contributed by atoms with van der Waals surface area (Å²) in [5.41, 5.74) is 7.31. The van der Waals surface area contributed by atoms with Crippen molar-refractivity contribution < 1.29 is 4.39 Å². The number of rotatable bonds is 2. The third kappa shape index (κ3) is 2.08. The molecule has 1 aromatic heterocycles. The fourth-order valence-corrected chi connectivity index (χ4v) is 2.52. The minimum Gasteiger partial charge on any atom is -0.362 e. The Morgan fingerprint density at radius 1 is 1.37 bits per heavy atom. The van der Waals surface area contributed by atoms with Gasteiger partial charge in [-0.2, -0.15) is 0 Å². The van der Waals surface area contributed by atoms with Crippen molar-refractivity contribution >= 4 is 5.69 Å². The predicted octanol–water partition coefficient (Wildman–Crippen LogP) is 1.46. The molecular weight excluding hydrogens is 245 g/mol. The molecule has 1 aliphatic rings. The van der Waals surface area contributed by atoms with Crippen LogP contribution in [0.5, 0.6) is 0 Å². The Hall–Kier alpha value is -1.95. The van der Waals surface area contributed by atoms with E-state index in [1.165, 1.54) is 6.07 Å². The number of halogens is 1. The summed E-state index contributed by atoms with van der Waals surface area (Å²) in [4.78, 5) is 2.10. The van der Waals surface area contributed by atoms with Gasteiger partial charge in [0.15, 0.2) is 5.82 Å². The fourth-order valence-electron chi connectivity index (χ4n) is 2.52. The van der Waals surface area contributed by atoms with Crippen LogP contribution in [0.2, 0.25) is 0 Å². The Bertz CT molecular complexity index is 592. The van der Waals surface area contributed by atoms with E-state index in [-0.39, 0.29) is 11.9 Å². The van der Waals surface area contributed by atoms with E-state index < -0.39 is 0 Å². The Kier molecular flexibility index (Phi) is 2.94. The molecule has 0 fully saturated rings. The molecule has 2 aromatic rings. The van der Waals surface area contributed by atoms with Crippen LogP contribution in [-0.4, -0.2) is 21.3 Å². The van der Waals surface area contributed by atoms with Gasteiger partial charge in [0.25, 0.3) is 0 Å². The van der Waals surface area contributed by atoms with Gasteiger partial charge >= 0.3 is 0 Å². The summed E-state index contributed by atoms with van der Waals surface area (Å²) in [7, 11) is 0. The van der Waals surface area contributed by atoms with E-state index in [2.05, 4.69) is 15.1 Å². The summed E-state index contributed by atoms with van der Waals surface area (Å²) in [6.45, 7) is 4.03. The van der Waals surface area contributed by atoms with Crippen LogP contribution in [0.25, 0.3) is 0 Å². The quantitative estimate of drug-likeness (QED) is 0.889. The van der Waals surface area contributed by atoms with Gasteiger partial charge in [-0.05, 0) is 19.1 Å². The maximum absolute atomic E-state index is 14.0. The number of aromatic nitrogens is 3. The standard InChI is InChI=1S/C13H16FN5/c1-9(15)13-10(14)3-2-4-11(13)18-5-6-19-8-16-17-12(19)7-18/h2-4,8-9H,5-7,15H2,1H3. The zero-order valence-electron chi connectivity index (χ0n) is 10.8. The van der Waals surface area contributed by atoms with Crippen molar-refractivity contribution in [2.45, 2.75) is 26.1 Å². The van der Waals surface area contributed by atoms with Crippen LogP contribution in [0.15, 0.2) is 24.5 Å². The molecule has 0 spiro atoms. The summed E-state index contributed by atoms with van der Waals surface area (Å²) >= 11 is 0. The first-order valence-electron chi connectivity index (χ1n) is 6.32. The highest BCUT2D eigenvalue weighted by molar-refractivity contribution is 5.55. The highest BCUT2D eigenvalue weighted by Gasteiger charge is 2.22. The van der Waals surface area contributed by atoms with Crippen LogP contribution >= 0.6 is 0 Å². The van der Waals surface area contributed by atoms with Gasteiger partial charge in [-0.3, -0.25) is 0 Å². The third-order valence-electron chi connectivity index (χ3n) is 3.46. The monoisotopic (exact) mass is 261 g/mol. The van der Waals surface area contributed by atoms with Gasteiger partial charge in [0.05, 0.1) is 6.54 Å². The van der Waals surface area contributed by atoms with E-state index in [4.69, 9.17) is 5.73 Å². The molecule has 100 valence electrons. The molecule has 0 saturated carbocycles. The summed E-state index contributed by atoms with van der Waals surface area (Å²) in [6.07, 6.45) is 1.73. The van der Waals surface area contributed by atoms with Crippen molar-refractivity contribution in [2.75, 3.05) is 11.4 Å². The Labute approximate surface area is 110 Å². The molecule has 6 heteroatoms. The SMILES string of the molecule is CC(N)c1c(F)cccc1N1CCn2cnnc2C1. The van der Waals surface area contributed by atoms with Crippen molar-refractivity contribution in [1.82, 2.24) is 14.8 Å². The molecule has 0 saturated heterocycles. The first kappa shape index (κ1) is 12.1. The number of hydrogen-bond donors (Lipinski definition) is 1. The van der Waals surface area contributed by atoms with Gasteiger partial charge in [0.2, 0.25) is 0 Å². The fraction of sp³-hybridized carbons (Fsp3) is 0.385. The molecule has 19 heavy (non-hydrogen) atoms. The highest BCUT2D eigenvalue weighted by atomic mass is 19.1. The summed E-state index contributed by atoms with van der Waals surface area (Å²) < 4.78 is 16.0. The molecular formula is C13H16FN5. The second kappa shape index (κ2) is 4.62. The zero-order valence-corrected chi connectivity index (χ0v) is 10.8. The first-order valence-corrected chi connectivity index (χ1v) is 6.32. The average molecular weight is 261 g/mol. The molecule has 2 heterocycles. The average Bonchev–Trinajstić information content (AvgIpc) is 2.85. The Morgan fingerprint density at radius 2 is 2.21 bits per heavy atom. The number of hydrogen-bond acceptors (Lipinski definition) is 4. The van der Waals surface area contributed by atoms with E-state index >= 15 is 0 Å². The molecule has 3 rings (SSSR count). The van der Waals surface area contributed by atoms with Gasteiger partial charge in [0, 0.05) is 30.4 Å². The lowest BCUT2D eigenvalue weighted by molar-refractivity contribution is 0.549. The predicted molar refractivity (Wildman–Crippen MR) is 70.1 cm³/mol. The summed E-state index contributed by atoms with van der Waals surface area (Å²) in [6, 6.07) is 4.74. The summed E-state index contributed by atoms with van der Waals surface area (Å²) in [5, 5.41) is 7.97. The lowest BCUT2D eigenvalue weighted by atomic mass is 10.0. The number of benzene rings is 1. The lowest BCUT2D eigenvalue weighted by Gasteiger charge is -2.31. The zero-order chi connectivity index (χ0) is 13.4. The Balaban J connectivity index is 1.98. The lowest BCUT2D eigenvalue weighted by Crippen LogP contribution is -2.34. The maximum Gasteiger partial charge on any atom is 0.152 e. The highest BCUT2D eigenvalue weighted by Crippen LogP contribution is 2.29. The van der Waals surface area contributed by atoms with Gasteiger partial charge in [-0.15, -0.1) is 10.2 Å². The van der Waals surface area contributed by atoms with Gasteiger partial charge < -0.3 is 15.2 Å². The Morgan fingerprint density at radius 3 is 3.00 bits per heavy atom. The van der Waals surface area contributed by atoms with Gasteiger partial charge in [0.1, 0.15) is 12.1 Å². The largest absolute Gasteiger partial charge is 0.362 e. The molecule has 0 amide bonds. The van der Waals surface area contributed by atoms with Crippen LogP contribution in [0.4, 0.5) is 10.1 Å². The number of nitrogens with two attached hydrogens (primary N) is 1. The molecule has 0 aliphatic carbocycles. The minimum absolute atomic E-state index is 0.250. The van der Waals surface area contributed by atoms with Crippen molar-refractivity contribution in [2.24, 2.45) is 5.73 Å². The van der Waals surface area contributed by atoms with Crippen LogP contribution in [-0.2, 0) is 13.1 Å².